The number of hydrogen-bond donors (Lipinski definition) is 1. The summed E-state index contributed by atoms with van der Waals surface area (Å²) in [5.74, 6) is 0. The molecule has 2 rings (SSSR count). The van der Waals surface area contributed by atoms with Crippen molar-refractivity contribution in [1.82, 2.24) is 0 Å². The van der Waals surface area contributed by atoms with Crippen molar-refractivity contribution in [3.8, 4) is 0 Å². The van der Waals surface area contributed by atoms with E-state index in [1.807, 2.05) is 0 Å². The molecule has 0 heterocycles. The van der Waals surface area contributed by atoms with Gasteiger partial charge in [0.05, 0.1) is 5.60 Å². The van der Waals surface area contributed by atoms with E-state index >= 15 is 0 Å². The van der Waals surface area contributed by atoms with E-state index in [0.29, 0.717) is 0 Å². The summed E-state index contributed by atoms with van der Waals surface area (Å²) in [7, 11) is 0. The summed E-state index contributed by atoms with van der Waals surface area (Å²) in [5, 5.41) is 10.5. The van der Waals surface area contributed by atoms with Crippen LogP contribution < -0.4 is 0 Å². The highest BCUT2D eigenvalue weighted by atomic mass is 16.3. The second-order valence-electron chi connectivity index (χ2n) is 5.84. The second kappa shape index (κ2) is 6.91. The topological polar surface area (TPSA) is 20.2 Å². The number of rotatable bonds is 5. The Morgan fingerprint density at radius 3 is 2.74 bits per heavy atom. The van der Waals surface area contributed by atoms with Gasteiger partial charge in [-0.15, -0.1) is 0 Å². The zero-order valence-electron chi connectivity index (χ0n) is 12.1. The van der Waals surface area contributed by atoms with Crippen LogP contribution in [-0.4, -0.2) is 10.7 Å². The molecule has 1 heteroatoms. The van der Waals surface area contributed by atoms with Crippen LogP contribution in [0.15, 0.2) is 30.3 Å². The van der Waals surface area contributed by atoms with E-state index in [1.165, 1.54) is 30.4 Å². The van der Waals surface area contributed by atoms with Gasteiger partial charge in [0.15, 0.2) is 0 Å². The van der Waals surface area contributed by atoms with E-state index < -0.39 is 5.60 Å². The van der Waals surface area contributed by atoms with E-state index in [4.69, 9.17) is 0 Å². The minimum Gasteiger partial charge on any atom is -0.390 e. The molecule has 1 aliphatic rings. The first-order valence-electron chi connectivity index (χ1n) is 7.70. The van der Waals surface area contributed by atoms with Gasteiger partial charge in [0.2, 0.25) is 0 Å². The quantitative estimate of drug-likeness (QED) is 0.809. The molecular formula is C18H26O. The SMILES string of the molecule is CC/C=C/c1cccc(CCC2(O)CCCCC2)c1. The fourth-order valence-corrected chi connectivity index (χ4v) is 2.94. The smallest absolute Gasteiger partial charge is 0.0651 e. The van der Waals surface area contributed by atoms with E-state index in [1.54, 1.807) is 0 Å². The van der Waals surface area contributed by atoms with Crippen LogP contribution in [0.5, 0.6) is 0 Å². The lowest BCUT2D eigenvalue weighted by Gasteiger charge is -2.32. The molecule has 0 amide bonds. The van der Waals surface area contributed by atoms with Crippen LogP contribution in [0.25, 0.3) is 6.08 Å². The average Bonchev–Trinajstić information content (AvgIpc) is 2.44. The number of allylic oxidation sites excluding steroid dienone is 1. The molecule has 0 atom stereocenters. The molecular weight excluding hydrogens is 232 g/mol. The van der Waals surface area contributed by atoms with Gasteiger partial charge < -0.3 is 5.11 Å². The van der Waals surface area contributed by atoms with Gasteiger partial charge in [-0.25, -0.2) is 0 Å². The minimum atomic E-state index is -0.395. The van der Waals surface area contributed by atoms with E-state index in [2.05, 4.69) is 43.3 Å². The van der Waals surface area contributed by atoms with Crippen molar-refractivity contribution in [2.45, 2.75) is 63.9 Å². The Bertz CT molecular complexity index is 413. The molecule has 1 aromatic rings. The molecule has 0 unspecified atom stereocenters. The largest absolute Gasteiger partial charge is 0.390 e. The van der Waals surface area contributed by atoms with Gasteiger partial charge >= 0.3 is 0 Å². The highest BCUT2D eigenvalue weighted by molar-refractivity contribution is 5.50. The molecule has 1 fully saturated rings. The Morgan fingerprint density at radius 1 is 1.21 bits per heavy atom. The second-order valence-corrected chi connectivity index (χ2v) is 5.84. The van der Waals surface area contributed by atoms with Crippen LogP contribution in [0.4, 0.5) is 0 Å². The standard InChI is InChI=1S/C18H26O/c1-2-3-8-16-9-7-10-17(15-16)11-14-18(19)12-5-4-6-13-18/h3,7-10,15,19H,2,4-6,11-14H2,1H3/b8-3+. The highest BCUT2D eigenvalue weighted by Crippen LogP contribution is 2.31. The number of aryl methyl sites for hydroxylation is 1. The van der Waals surface area contributed by atoms with Gasteiger partial charge in [0, 0.05) is 0 Å². The molecule has 1 nitrogen and oxygen atoms in total. The molecule has 0 bridgehead atoms. The van der Waals surface area contributed by atoms with Gasteiger partial charge in [-0.1, -0.05) is 62.6 Å². The van der Waals surface area contributed by atoms with Gasteiger partial charge in [-0.2, -0.15) is 0 Å². The maximum atomic E-state index is 10.5. The number of hydrogen-bond acceptors (Lipinski definition) is 1. The van der Waals surface area contributed by atoms with Crippen LogP contribution in [0.1, 0.15) is 63.0 Å². The molecule has 1 saturated carbocycles. The summed E-state index contributed by atoms with van der Waals surface area (Å²) in [5.41, 5.74) is 2.22. The summed E-state index contributed by atoms with van der Waals surface area (Å²) >= 11 is 0. The van der Waals surface area contributed by atoms with Gasteiger partial charge in [0.25, 0.3) is 0 Å². The molecule has 19 heavy (non-hydrogen) atoms. The van der Waals surface area contributed by atoms with Crippen LogP contribution >= 0.6 is 0 Å². The fourth-order valence-electron chi connectivity index (χ4n) is 2.94. The third-order valence-corrected chi connectivity index (χ3v) is 4.16. The van der Waals surface area contributed by atoms with Crippen molar-refractivity contribution < 1.29 is 5.11 Å². The third-order valence-electron chi connectivity index (χ3n) is 4.16. The monoisotopic (exact) mass is 258 g/mol. The molecule has 0 saturated heterocycles. The summed E-state index contributed by atoms with van der Waals surface area (Å²) in [6.45, 7) is 2.15. The summed E-state index contributed by atoms with van der Waals surface area (Å²) in [4.78, 5) is 0. The molecule has 1 aliphatic carbocycles. The van der Waals surface area contributed by atoms with Crippen molar-refractivity contribution in [1.29, 1.82) is 0 Å². The first-order chi connectivity index (χ1) is 9.22. The van der Waals surface area contributed by atoms with E-state index in [0.717, 1.165) is 32.1 Å². The van der Waals surface area contributed by atoms with Gasteiger partial charge in [-0.3, -0.25) is 0 Å². The lowest BCUT2D eigenvalue weighted by molar-refractivity contribution is -0.00341. The predicted molar refractivity (Wildman–Crippen MR) is 82.1 cm³/mol. The molecule has 104 valence electrons. The maximum absolute atomic E-state index is 10.5. The fraction of sp³-hybridized carbons (Fsp3) is 0.556. The molecule has 0 aromatic heterocycles. The third kappa shape index (κ3) is 4.50. The highest BCUT2D eigenvalue weighted by Gasteiger charge is 2.28. The van der Waals surface area contributed by atoms with Crippen molar-refractivity contribution in [3.05, 3.63) is 41.5 Å². The predicted octanol–water partition coefficient (Wildman–Crippen LogP) is 4.74. The first kappa shape index (κ1) is 14.3. The molecule has 0 spiro atoms. The van der Waals surface area contributed by atoms with Gasteiger partial charge in [0.1, 0.15) is 0 Å². The summed E-state index contributed by atoms with van der Waals surface area (Å²) < 4.78 is 0. The number of aliphatic hydroxyl groups is 1. The lowest BCUT2D eigenvalue weighted by atomic mass is 9.81. The van der Waals surface area contributed by atoms with Crippen LogP contribution in [0.3, 0.4) is 0 Å². The maximum Gasteiger partial charge on any atom is 0.0651 e. The van der Waals surface area contributed by atoms with Crippen molar-refractivity contribution in [2.24, 2.45) is 0 Å². The Balaban J connectivity index is 1.93. The molecule has 1 N–H and O–H groups in total. The zero-order valence-corrected chi connectivity index (χ0v) is 12.1. The Morgan fingerprint density at radius 2 is 2.00 bits per heavy atom. The van der Waals surface area contributed by atoms with Crippen molar-refractivity contribution >= 4 is 6.08 Å². The van der Waals surface area contributed by atoms with E-state index in [9.17, 15) is 5.11 Å². The Kier molecular flexibility index (Phi) is 5.21. The van der Waals surface area contributed by atoms with Crippen LogP contribution in [0, 0.1) is 0 Å². The van der Waals surface area contributed by atoms with Gasteiger partial charge in [-0.05, 0) is 43.2 Å². The Labute approximate surface area is 117 Å². The summed E-state index contributed by atoms with van der Waals surface area (Å²) in [6.07, 6.45) is 13.0. The Hall–Kier alpha value is -1.08. The molecule has 0 radical (unpaired) electrons. The zero-order chi connectivity index (χ0) is 13.6. The summed E-state index contributed by atoms with van der Waals surface area (Å²) in [6, 6.07) is 8.69. The van der Waals surface area contributed by atoms with Crippen LogP contribution in [-0.2, 0) is 6.42 Å². The first-order valence-corrected chi connectivity index (χ1v) is 7.70. The lowest BCUT2D eigenvalue weighted by Crippen LogP contribution is -2.31. The minimum absolute atomic E-state index is 0.395. The molecule has 0 aliphatic heterocycles. The normalized spacial score (nSPS) is 18.8. The van der Waals surface area contributed by atoms with Crippen molar-refractivity contribution in [3.63, 3.8) is 0 Å². The average molecular weight is 258 g/mol. The van der Waals surface area contributed by atoms with Crippen molar-refractivity contribution in [2.75, 3.05) is 0 Å². The van der Waals surface area contributed by atoms with Crippen LogP contribution in [0.2, 0.25) is 0 Å². The number of benzene rings is 1. The molecule has 1 aromatic carbocycles. The van der Waals surface area contributed by atoms with E-state index in [-0.39, 0.29) is 0 Å².